The molecule has 0 rings (SSSR count). The number of rotatable bonds is 13. The van der Waals surface area contributed by atoms with E-state index < -0.39 is 6.09 Å². The van der Waals surface area contributed by atoms with E-state index in [2.05, 4.69) is 18.6 Å². The van der Waals surface area contributed by atoms with Crippen LogP contribution in [0.25, 0.3) is 0 Å². The molecule has 0 atom stereocenters. The molecule has 0 aromatic heterocycles. The van der Waals surface area contributed by atoms with Crippen LogP contribution < -0.4 is 5.73 Å². The van der Waals surface area contributed by atoms with Gasteiger partial charge in [-0.3, -0.25) is 0 Å². The molecule has 0 bridgehead atoms. The molecule has 0 saturated carbocycles. The van der Waals surface area contributed by atoms with Gasteiger partial charge in [-0.15, -0.1) is 0 Å². The Hall–Kier alpha value is -0.730. The van der Waals surface area contributed by atoms with E-state index >= 15 is 0 Å². The second-order valence-electron chi connectivity index (χ2n) is 5.89. The zero-order valence-corrected chi connectivity index (χ0v) is 13.0. The number of amides is 1. The SMILES string of the molecule is CC(C)CCCCCCCCCCCCOC(N)=O. The van der Waals surface area contributed by atoms with Gasteiger partial charge < -0.3 is 10.5 Å². The average Bonchev–Trinajstić information content (AvgIpc) is 2.34. The first-order chi connectivity index (χ1) is 9.13. The van der Waals surface area contributed by atoms with Crippen molar-refractivity contribution in [2.75, 3.05) is 6.61 Å². The molecule has 0 aliphatic carbocycles. The molecular formula is C16H33NO2. The van der Waals surface area contributed by atoms with Crippen LogP contribution in [0.4, 0.5) is 4.79 Å². The van der Waals surface area contributed by atoms with Crippen molar-refractivity contribution in [3.8, 4) is 0 Å². The van der Waals surface area contributed by atoms with Gasteiger partial charge in [-0.05, 0) is 12.3 Å². The Bertz CT molecular complexity index is 205. The van der Waals surface area contributed by atoms with Crippen LogP contribution in [0.5, 0.6) is 0 Å². The number of primary amides is 1. The van der Waals surface area contributed by atoms with Crippen LogP contribution in [0.2, 0.25) is 0 Å². The Kier molecular flexibility index (Phi) is 13.2. The Morgan fingerprint density at radius 1 is 0.842 bits per heavy atom. The summed E-state index contributed by atoms with van der Waals surface area (Å²) < 4.78 is 4.68. The van der Waals surface area contributed by atoms with Gasteiger partial charge in [0.25, 0.3) is 0 Å². The highest BCUT2D eigenvalue weighted by molar-refractivity contribution is 5.64. The summed E-state index contributed by atoms with van der Waals surface area (Å²) in [4.78, 5) is 10.3. The highest BCUT2D eigenvalue weighted by atomic mass is 16.5. The fraction of sp³-hybridized carbons (Fsp3) is 0.938. The summed E-state index contributed by atoms with van der Waals surface area (Å²) in [5.41, 5.74) is 4.88. The van der Waals surface area contributed by atoms with Crippen LogP contribution in [0, 0.1) is 5.92 Å². The third-order valence-corrected chi connectivity index (χ3v) is 3.42. The summed E-state index contributed by atoms with van der Waals surface area (Å²) in [6.07, 6.45) is 13.7. The van der Waals surface area contributed by atoms with E-state index in [1.54, 1.807) is 0 Å². The molecule has 0 saturated heterocycles. The third kappa shape index (κ3) is 17.3. The van der Waals surface area contributed by atoms with Crippen LogP contribution in [0.3, 0.4) is 0 Å². The van der Waals surface area contributed by atoms with E-state index in [0.29, 0.717) is 6.61 Å². The minimum absolute atomic E-state index is 0.477. The molecule has 0 aromatic rings. The normalized spacial score (nSPS) is 10.9. The third-order valence-electron chi connectivity index (χ3n) is 3.42. The minimum Gasteiger partial charge on any atom is -0.450 e. The zero-order chi connectivity index (χ0) is 14.3. The molecular weight excluding hydrogens is 238 g/mol. The van der Waals surface area contributed by atoms with Crippen LogP contribution in [-0.2, 0) is 4.74 Å². The number of nitrogens with two attached hydrogens (primary N) is 1. The maximum Gasteiger partial charge on any atom is 0.404 e. The summed E-state index contributed by atoms with van der Waals surface area (Å²) in [5.74, 6) is 0.860. The van der Waals surface area contributed by atoms with Gasteiger partial charge in [0, 0.05) is 0 Å². The van der Waals surface area contributed by atoms with Crippen LogP contribution in [-0.4, -0.2) is 12.7 Å². The van der Waals surface area contributed by atoms with Crippen LogP contribution in [0.1, 0.15) is 84.5 Å². The fourth-order valence-electron chi connectivity index (χ4n) is 2.24. The van der Waals surface area contributed by atoms with Crippen LogP contribution >= 0.6 is 0 Å². The molecule has 2 N–H and O–H groups in total. The Morgan fingerprint density at radius 3 is 1.68 bits per heavy atom. The van der Waals surface area contributed by atoms with Crippen molar-refractivity contribution < 1.29 is 9.53 Å². The van der Waals surface area contributed by atoms with Gasteiger partial charge >= 0.3 is 6.09 Å². The lowest BCUT2D eigenvalue weighted by Crippen LogP contribution is -2.13. The van der Waals surface area contributed by atoms with Crippen LogP contribution in [0.15, 0.2) is 0 Å². The van der Waals surface area contributed by atoms with E-state index in [-0.39, 0.29) is 0 Å². The van der Waals surface area contributed by atoms with E-state index in [1.165, 1.54) is 57.8 Å². The maximum absolute atomic E-state index is 10.3. The molecule has 0 unspecified atom stereocenters. The predicted octanol–water partition coefficient (Wildman–Crippen LogP) is 5.03. The first kappa shape index (κ1) is 18.3. The second kappa shape index (κ2) is 13.7. The zero-order valence-electron chi connectivity index (χ0n) is 13.0. The second-order valence-corrected chi connectivity index (χ2v) is 5.89. The molecule has 0 aliphatic heterocycles. The van der Waals surface area contributed by atoms with Gasteiger partial charge in [-0.1, -0.05) is 78.1 Å². The highest BCUT2D eigenvalue weighted by Crippen LogP contribution is 2.13. The van der Waals surface area contributed by atoms with Crippen molar-refractivity contribution in [2.24, 2.45) is 11.7 Å². The molecule has 0 spiro atoms. The first-order valence-corrected chi connectivity index (χ1v) is 8.05. The number of ether oxygens (including phenoxy) is 1. The molecule has 0 aliphatic rings. The van der Waals surface area contributed by atoms with Gasteiger partial charge in [-0.2, -0.15) is 0 Å². The number of unbranched alkanes of at least 4 members (excludes halogenated alkanes) is 9. The number of carbonyl (C=O) groups excluding carboxylic acids is 1. The quantitative estimate of drug-likeness (QED) is 0.478. The summed E-state index contributed by atoms with van der Waals surface area (Å²) in [6.45, 7) is 5.08. The molecule has 19 heavy (non-hydrogen) atoms. The number of hydrogen-bond donors (Lipinski definition) is 1. The summed E-state index contributed by atoms with van der Waals surface area (Å²) >= 11 is 0. The Balaban J connectivity index is 2.97. The molecule has 3 nitrogen and oxygen atoms in total. The average molecular weight is 271 g/mol. The van der Waals surface area contributed by atoms with Crippen molar-refractivity contribution in [1.82, 2.24) is 0 Å². The smallest absolute Gasteiger partial charge is 0.404 e. The maximum atomic E-state index is 10.3. The predicted molar refractivity (Wildman–Crippen MR) is 81.2 cm³/mol. The fourth-order valence-corrected chi connectivity index (χ4v) is 2.24. The van der Waals surface area contributed by atoms with Crippen molar-refractivity contribution in [1.29, 1.82) is 0 Å². The first-order valence-electron chi connectivity index (χ1n) is 8.05. The van der Waals surface area contributed by atoms with Gasteiger partial charge in [0.1, 0.15) is 0 Å². The standard InChI is InChI=1S/C16H33NO2/c1-15(2)13-11-9-7-5-3-4-6-8-10-12-14-19-16(17)18/h15H,3-14H2,1-2H3,(H2,17,18). The summed E-state index contributed by atoms with van der Waals surface area (Å²) in [6, 6.07) is 0. The molecule has 114 valence electrons. The van der Waals surface area contributed by atoms with Crippen molar-refractivity contribution in [3.63, 3.8) is 0 Å². The van der Waals surface area contributed by atoms with E-state index in [4.69, 9.17) is 5.73 Å². The van der Waals surface area contributed by atoms with Gasteiger partial charge in [0.2, 0.25) is 0 Å². The molecule has 0 fully saturated rings. The summed E-state index contributed by atoms with van der Waals surface area (Å²) in [5, 5.41) is 0. The van der Waals surface area contributed by atoms with E-state index in [9.17, 15) is 4.79 Å². The van der Waals surface area contributed by atoms with Crippen molar-refractivity contribution in [2.45, 2.75) is 84.5 Å². The lowest BCUT2D eigenvalue weighted by atomic mass is 10.0. The Labute approximate surface area is 119 Å². The Morgan fingerprint density at radius 2 is 1.26 bits per heavy atom. The van der Waals surface area contributed by atoms with Gasteiger partial charge in [0.15, 0.2) is 0 Å². The molecule has 0 heterocycles. The van der Waals surface area contributed by atoms with E-state index in [0.717, 1.165) is 18.8 Å². The number of carbonyl (C=O) groups is 1. The number of hydrogen-bond acceptors (Lipinski definition) is 2. The molecule has 0 radical (unpaired) electrons. The van der Waals surface area contributed by atoms with E-state index in [1.807, 2.05) is 0 Å². The molecule has 1 amide bonds. The van der Waals surface area contributed by atoms with Crippen molar-refractivity contribution in [3.05, 3.63) is 0 Å². The molecule has 0 aromatic carbocycles. The lowest BCUT2D eigenvalue weighted by Gasteiger charge is -2.04. The van der Waals surface area contributed by atoms with Gasteiger partial charge in [0.05, 0.1) is 6.61 Å². The van der Waals surface area contributed by atoms with Crippen molar-refractivity contribution >= 4 is 6.09 Å². The topological polar surface area (TPSA) is 52.3 Å². The monoisotopic (exact) mass is 271 g/mol. The minimum atomic E-state index is -0.655. The lowest BCUT2D eigenvalue weighted by molar-refractivity contribution is 0.154. The molecule has 3 heteroatoms. The van der Waals surface area contributed by atoms with Gasteiger partial charge in [-0.25, -0.2) is 4.79 Å². The largest absolute Gasteiger partial charge is 0.450 e. The highest BCUT2D eigenvalue weighted by Gasteiger charge is 1.96. The summed E-state index contributed by atoms with van der Waals surface area (Å²) in [7, 11) is 0.